The van der Waals surface area contributed by atoms with Crippen molar-refractivity contribution in [3.05, 3.63) is 35.9 Å². The molecule has 1 saturated heterocycles. The van der Waals surface area contributed by atoms with Crippen LogP contribution in [-0.2, 0) is 9.59 Å². The van der Waals surface area contributed by atoms with Gasteiger partial charge in [0.2, 0.25) is 5.91 Å². The predicted molar refractivity (Wildman–Crippen MR) is 89.3 cm³/mol. The number of rotatable bonds is 5. The Labute approximate surface area is 141 Å². The standard InChI is InChI=1S/C18H23N3O3/c1-13(14-7-3-2-4-8-14)11-19-15(22)12-21-16(23)18(20-17(21)24)9-5-6-10-18/h2-4,7-8,13H,5-6,9-12H2,1H3,(H,19,22)(H,20,24). The van der Waals surface area contributed by atoms with Crippen LogP contribution in [-0.4, -0.2) is 41.4 Å². The minimum absolute atomic E-state index is 0.166. The van der Waals surface area contributed by atoms with Crippen molar-refractivity contribution in [2.24, 2.45) is 0 Å². The van der Waals surface area contributed by atoms with Crippen LogP contribution in [0.2, 0.25) is 0 Å². The van der Waals surface area contributed by atoms with Crippen molar-refractivity contribution in [2.75, 3.05) is 13.1 Å². The number of nitrogens with one attached hydrogen (secondary N) is 2. The molecule has 0 aromatic heterocycles. The molecule has 1 atom stereocenters. The molecule has 2 N–H and O–H groups in total. The molecule has 1 aliphatic heterocycles. The van der Waals surface area contributed by atoms with E-state index in [0.29, 0.717) is 19.4 Å². The summed E-state index contributed by atoms with van der Waals surface area (Å²) < 4.78 is 0. The van der Waals surface area contributed by atoms with E-state index in [9.17, 15) is 14.4 Å². The summed E-state index contributed by atoms with van der Waals surface area (Å²) in [5.41, 5.74) is 0.381. The Bertz CT molecular complexity index is 638. The predicted octanol–water partition coefficient (Wildman–Crippen LogP) is 1.77. The highest BCUT2D eigenvalue weighted by atomic mass is 16.2. The van der Waals surface area contributed by atoms with Crippen LogP contribution in [0.5, 0.6) is 0 Å². The summed E-state index contributed by atoms with van der Waals surface area (Å²) in [7, 11) is 0. The summed E-state index contributed by atoms with van der Waals surface area (Å²) in [5.74, 6) is -0.396. The van der Waals surface area contributed by atoms with Gasteiger partial charge in [0.1, 0.15) is 12.1 Å². The highest BCUT2D eigenvalue weighted by molar-refractivity contribution is 6.09. The van der Waals surface area contributed by atoms with E-state index in [1.807, 2.05) is 37.3 Å². The second kappa shape index (κ2) is 6.63. The van der Waals surface area contributed by atoms with Crippen molar-refractivity contribution in [2.45, 2.75) is 44.1 Å². The largest absolute Gasteiger partial charge is 0.354 e. The molecule has 0 radical (unpaired) electrons. The zero-order chi connectivity index (χ0) is 17.2. The van der Waals surface area contributed by atoms with Crippen LogP contribution in [0.1, 0.15) is 44.1 Å². The number of carbonyl (C=O) groups excluding carboxylic acids is 3. The molecule has 6 nitrogen and oxygen atoms in total. The first-order valence-electron chi connectivity index (χ1n) is 8.47. The van der Waals surface area contributed by atoms with E-state index in [1.165, 1.54) is 0 Å². The lowest BCUT2D eigenvalue weighted by Crippen LogP contribution is -2.45. The fraction of sp³-hybridized carbons (Fsp3) is 0.500. The molecule has 0 bridgehead atoms. The van der Waals surface area contributed by atoms with Gasteiger partial charge in [0.05, 0.1) is 0 Å². The lowest BCUT2D eigenvalue weighted by Gasteiger charge is -2.20. The van der Waals surface area contributed by atoms with Gasteiger partial charge in [-0.1, -0.05) is 50.1 Å². The first kappa shape index (κ1) is 16.5. The first-order chi connectivity index (χ1) is 11.5. The third kappa shape index (κ3) is 3.13. The highest BCUT2D eigenvalue weighted by Gasteiger charge is 2.52. The summed E-state index contributed by atoms with van der Waals surface area (Å²) in [6.45, 7) is 2.28. The molecule has 2 fully saturated rings. The van der Waals surface area contributed by atoms with Gasteiger partial charge in [-0.05, 0) is 24.3 Å². The average molecular weight is 329 g/mol. The van der Waals surface area contributed by atoms with Crippen molar-refractivity contribution in [3.63, 3.8) is 0 Å². The van der Waals surface area contributed by atoms with Gasteiger partial charge in [-0.2, -0.15) is 0 Å². The first-order valence-corrected chi connectivity index (χ1v) is 8.47. The summed E-state index contributed by atoms with van der Waals surface area (Å²) >= 11 is 0. The monoisotopic (exact) mass is 329 g/mol. The van der Waals surface area contributed by atoms with Crippen LogP contribution in [0.3, 0.4) is 0 Å². The molecule has 4 amide bonds. The molecule has 1 saturated carbocycles. The molecule has 24 heavy (non-hydrogen) atoms. The third-order valence-corrected chi connectivity index (χ3v) is 4.98. The molecule has 1 spiro atoms. The molecule has 1 aromatic carbocycles. The van der Waals surface area contributed by atoms with Crippen molar-refractivity contribution >= 4 is 17.8 Å². The second-order valence-corrected chi connectivity index (χ2v) is 6.73. The topological polar surface area (TPSA) is 78.5 Å². The van der Waals surface area contributed by atoms with E-state index < -0.39 is 11.6 Å². The number of amides is 4. The zero-order valence-corrected chi connectivity index (χ0v) is 13.9. The van der Waals surface area contributed by atoms with Gasteiger partial charge in [0.15, 0.2) is 0 Å². The Hall–Kier alpha value is -2.37. The van der Waals surface area contributed by atoms with Crippen LogP contribution in [0.25, 0.3) is 0 Å². The summed E-state index contributed by atoms with van der Waals surface area (Å²) in [6, 6.07) is 9.44. The highest BCUT2D eigenvalue weighted by Crippen LogP contribution is 2.34. The van der Waals surface area contributed by atoms with E-state index in [2.05, 4.69) is 10.6 Å². The van der Waals surface area contributed by atoms with Crippen LogP contribution >= 0.6 is 0 Å². The molecule has 6 heteroatoms. The Kier molecular flexibility index (Phi) is 4.55. The van der Waals surface area contributed by atoms with Gasteiger partial charge in [-0.3, -0.25) is 14.5 Å². The van der Waals surface area contributed by atoms with Crippen molar-refractivity contribution in [3.8, 4) is 0 Å². The SMILES string of the molecule is CC(CNC(=O)CN1C(=O)NC2(CCCC2)C1=O)c1ccccc1. The number of nitrogens with zero attached hydrogens (tertiary/aromatic N) is 1. The van der Waals surface area contributed by atoms with Gasteiger partial charge in [-0.25, -0.2) is 4.79 Å². The Morgan fingerprint density at radius 1 is 1.25 bits per heavy atom. The maximum absolute atomic E-state index is 12.5. The van der Waals surface area contributed by atoms with Crippen LogP contribution < -0.4 is 10.6 Å². The molecule has 1 heterocycles. The maximum atomic E-state index is 12.5. The number of carbonyl (C=O) groups is 3. The second-order valence-electron chi connectivity index (χ2n) is 6.73. The molecule has 2 aliphatic rings. The molecule has 1 unspecified atom stereocenters. The Morgan fingerprint density at radius 2 is 1.92 bits per heavy atom. The van der Waals surface area contributed by atoms with Crippen molar-refractivity contribution in [1.29, 1.82) is 0 Å². The number of hydrogen-bond donors (Lipinski definition) is 2. The Morgan fingerprint density at radius 3 is 2.58 bits per heavy atom. The lowest BCUT2D eigenvalue weighted by molar-refractivity contribution is -0.134. The maximum Gasteiger partial charge on any atom is 0.325 e. The van der Waals surface area contributed by atoms with Crippen LogP contribution in [0.4, 0.5) is 4.79 Å². The minimum atomic E-state index is -0.755. The summed E-state index contributed by atoms with van der Waals surface area (Å²) in [6.07, 6.45) is 3.20. The number of imide groups is 1. The smallest absolute Gasteiger partial charge is 0.325 e. The number of benzene rings is 1. The van der Waals surface area contributed by atoms with E-state index >= 15 is 0 Å². The quantitative estimate of drug-likeness (QED) is 0.808. The van der Waals surface area contributed by atoms with Gasteiger partial charge >= 0.3 is 6.03 Å². The number of urea groups is 1. The van der Waals surface area contributed by atoms with Crippen molar-refractivity contribution in [1.82, 2.24) is 15.5 Å². The van der Waals surface area contributed by atoms with Gasteiger partial charge < -0.3 is 10.6 Å². The van der Waals surface area contributed by atoms with Crippen molar-refractivity contribution < 1.29 is 14.4 Å². The van der Waals surface area contributed by atoms with Gasteiger partial charge in [-0.15, -0.1) is 0 Å². The average Bonchev–Trinajstić information content (AvgIpc) is 3.14. The molecule has 3 rings (SSSR count). The van der Waals surface area contributed by atoms with E-state index in [4.69, 9.17) is 0 Å². The van der Waals surface area contributed by atoms with Crippen LogP contribution in [0.15, 0.2) is 30.3 Å². The summed E-state index contributed by atoms with van der Waals surface area (Å²) in [4.78, 5) is 37.7. The fourth-order valence-electron chi connectivity index (χ4n) is 3.50. The van der Waals surface area contributed by atoms with Gasteiger partial charge in [0.25, 0.3) is 5.91 Å². The zero-order valence-electron chi connectivity index (χ0n) is 13.9. The minimum Gasteiger partial charge on any atom is -0.354 e. The number of hydrogen-bond acceptors (Lipinski definition) is 3. The molecular formula is C18H23N3O3. The lowest BCUT2D eigenvalue weighted by atomic mass is 9.98. The third-order valence-electron chi connectivity index (χ3n) is 4.98. The summed E-state index contributed by atoms with van der Waals surface area (Å²) in [5, 5.41) is 5.60. The fourth-order valence-corrected chi connectivity index (χ4v) is 3.50. The molecular weight excluding hydrogens is 306 g/mol. The Balaban J connectivity index is 1.53. The van der Waals surface area contributed by atoms with Gasteiger partial charge in [0, 0.05) is 6.54 Å². The van der Waals surface area contributed by atoms with E-state index in [-0.39, 0.29) is 24.3 Å². The van der Waals surface area contributed by atoms with Crippen LogP contribution in [0, 0.1) is 0 Å². The molecule has 1 aromatic rings. The van der Waals surface area contributed by atoms with E-state index in [1.54, 1.807) is 0 Å². The molecule has 1 aliphatic carbocycles. The normalized spacial score (nSPS) is 20.3. The molecule has 128 valence electrons. The van der Waals surface area contributed by atoms with E-state index in [0.717, 1.165) is 23.3 Å².